The van der Waals surface area contributed by atoms with Crippen molar-refractivity contribution >= 4 is 12.1 Å². The molecule has 0 unspecified atom stereocenters. The molecular weight excluding hydrogens is 278 g/mol. The van der Waals surface area contributed by atoms with Crippen LogP contribution >= 0.6 is 0 Å². The van der Waals surface area contributed by atoms with Crippen LogP contribution in [0.15, 0.2) is 52.5 Å². The van der Waals surface area contributed by atoms with Crippen LogP contribution in [0.5, 0.6) is 0 Å². The van der Waals surface area contributed by atoms with Crippen LogP contribution in [0.25, 0.3) is 0 Å². The van der Waals surface area contributed by atoms with Gasteiger partial charge in [0.15, 0.2) is 0 Å². The summed E-state index contributed by atoms with van der Waals surface area (Å²) in [7, 11) is 0. The lowest BCUT2D eigenvalue weighted by atomic mass is 10.1. The highest BCUT2D eigenvalue weighted by Gasteiger charge is 2.10. The highest BCUT2D eigenvalue weighted by molar-refractivity contribution is 5.94. The molecule has 0 atom stereocenters. The molecule has 1 heterocycles. The molecule has 0 aliphatic heterocycles. The van der Waals surface area contributed by atoms with Gasteiger partial charge in [0.1, 0.15) is 5.56 Å². The Morgan fingerprint density at radius 2 is 1.95 bits per heavy atom. The van der Waals surface area contributed by atoms with E-state index in [1.54, 1.807) is 18.5 Å². The smallest absolute Gasteiger partial charge is 0.276 e. The minimum absolute atomic E-state index is 0.0860. The number of hydrogen-bond donors (Lipinski definition) is 1. The van der Waals surface area contributed by atoms with E-state index >= 15 is 0 Å². The number of hydrazone groups is 1. The van der Waals surface area contributed by atoms with Gasteiger partial charge in [0.25, 0.3) is 11.5 Å². The fraction of sp³-hybridized carbons (Fsp3) is 0.235. The maximum Gasteiger partial charge on any atom is 0.276 e. The van der Waals surface area contributed by atoms with Gasteiger partial charge in [-0.25, -0.2) is 5.43 Å². The van der Waals surface area contributed by atoms with Crippen LogP contribution < -0.4 is 11.0 Å². The summed E-state index contributed by atoms with van der Waals surface area (Å²) in [6.07, 6.45) is 4.18. The van der Waals surface area contributed by atoms with Crippen molar-refractivity contribution in [3.8, 4) is 0 Å². The maximum atomic E-state index is 12.0. The molecular formula is C17H19N3O2. The molecule has 0 spiro atoms. The molecule has 1 aromatic carbocycles. The molecule has 5 heteroatoms. The number of pyridine rings is 1. The third-order valence-corrected chi connectivity index (χ3v) is 3.37. The summed E-state index contributed by atoms with van der Waals surface area (Å²) in [5.74, 6) is -0.505. The van der Waals surface area contributed by atoms with Crippen molar-refractivity contribution < 1.29 is 4.79 Å². The molecule has 0 radical (unpaired) electrons. The van der Waals surface area contributed by atoms with Gasteiger partial charge in [0.2, 0.25) is 0 Å². The van der Waals surface area contributed by atoms with E-state index in [1.165, 1.54) is 16.2 Å². The molecule has 0 aliphatic carbocycles. The first-order valence-corrected chi connectivity index (χ1v) is 7.27. The van der Waals surface area contributed by atoms with Gasteiger partial charge < -0.3 is 4.57 Å². The second-order valence-corrected chi connectivity index (χ2v) is 4.81. The zero-order valence-corrected chi connectivity index (χ0v) is 12.7. The number of nitrogens with one attached hydrogen (secondary N) is 1. The molecule has 2 rings (SSSR count). The molecule has 2 aromatic rings. The summed E-state index contributed by atoms with van der Waals surface area (Å²) >= 11 is 0. The van der Waals surface area contributed by atoms with E-state index < -0.39 is 5.91 Å². The normalized spacial score (nSPS) is 10.8. The highest BCUT2D eigenvalue weighted by Crippen LogP contribution is 2.02. The van der Waals surface area contributed by atoms with Gasteiger partial charge in [-0.05, 0) is 36.6 Å². The monoisotopic (exact) mass is 297 g/mol. The first kappa shape index (κ1) is 15.7. The number of nitrogens with zero attached hydrogens (tertiary/aromatic N) is 2. The fourth-order valence-corrected chi connectivity index (χ4v) is 2.02. The summed E-state index contributed by atoms with van der Waals surface area (Å²) in [6.45, 7) is 4.46. The number of amides is 1. The second-order valence-electron chi connectivity index (χ2n) is 4.81. The van der Waals surface area contributed by atoms with Crippen molar-refractivity contribution in [1.82, 2.24) is 9.99 Å². The van der Waals surface area contributed by atoms with E-state index in [-0.39, 0.29) is 11.1 Å². The van der Waals surface area contributed by atoms with Gasteiger partial charge in [-0.1, -0.05) is 31.2 Å². The molecule has 0 saturated carbocycles. The van der Waals surface area contributed by atoms with Crippen LogP contribution in [-0.2, 0) is 13.0 Å². The van der Waals surface area contributed by atoms with Gasteiger partial charge in [0, 0.05) is 12.7 Å². The molecule has 1 amide bonds. The molecule has 0 bridgehead atoms. The lowest BCUT2D eigenvalue weighted by Crippen LogP contribution is -2.30. The van der Waals surface area contributed by atoms with E-state index in [0.717, 1.165) is 12.0 Å². The van der Waals surface area contributed by atoms with Crippen molar-refractivity contribution in [2.45, 2.75) is 26.8 Å². The average Bonchev–Trinajstić information content (AvgIpc) is 2.55. The predicted molar refractivity (Wildman–Crippen MR) is 87.3 cm³/mol. The first-order valence-electron chi connectivity index (χ1n) is 7.27. The molecule has 114 valence electrons. The third-order valence-electron chi connectivity index (χ3n) is 3.37. The Kier molecular flexibility index (Phi) is 5.25. The zero-order chi connectivity index (χ0) is 15.9. The van der Waals surface area contributed by atoms with E-state index in [2.05, 4.69) is 17.5 Å². The number of hydrogen-bond acceptors (Lipinski definition) is 3. The molecule has 0 saturated heterocycles. The standard InChI is InChI=1S/C17H19N3O2/c1-3-13-7-9-14(10-8-13)12-18-19-16(21)15-6-5-11-20(4-2)17(15)22/h5-12H,3-4H2,1-2H3,(H,19,21)/b18-12-. The topological polar surface area (TPSA) is 63.5 Å². The number of aromatic nitrogens is 1. The highest BCUT2D eigenvalue weighted by atomic mass is 16.2. The molecule has 22 heavy (non-hydrogen) atoms. The van der Waals surface area contributed by atoms with Crippen LogP contribution in [0, 0.1) is 0 Å². The third kappa shape index (κ3) is 3.69. The number of rotatable bonds is 5. The van der Waals surface area contributed by atoms with Crippen molar-refractivity contribution in [2.24, 2.45) is 5.10 Å². The largest absolute Gasteiger partial charge is 0.315 e. The van der Waals surface area contributed by atoms with E-state index in [9.17, 15) is 9.59 Å². The second kappa shape index (κ2) is 7.36. The molecule has 0 aliphatic rings. The molecule has 1 N–H and O–H groups in total. The number of carbonyl (C=O) groups is 1. The van der Waals surface area contributed by atoms with Gasteiger partial charge in [-0.3, -0.25) is 9.59 Å². The van der Waals surface area contributed by atoms with E-state index in [1.807, 2.05) is 31.2 Å². The minimum atomic E-state index is -0.505. The Bertz CT molecular complexity index is 730. The first-order chi connectivity index (χ1) is 10.7. The Hall–Kier alpha value is -2.69. The minimum Gasteiger partial charge on any atom is -0.315 e. The van der Waals surface area contributed by atoms with E-state index in [4.69, 9.17) is 0 Å². The number of aryl methyl sites for hydroxylation is 2. The zero-order valence-electron chi connectivity index (χ0n) is 12.7. The van der Waals surface area contributed by atoms with E-state index in [0.29, 0.717) is 6.54 Å². The summed E-state index contributed by atoms with van der Waals surface area (Å²) < 4.78 is 1.47. The summed E-state index contributed by atoms with van der Waals surface area (Å²) in [6, 6.07) is 11.1. The maximum absolute atomic E-state index is 12.0. The van der Waals surface area contributed by atoms with Crippen molar-refractivity contribution in [3.63, 3.8) is 0 Å². The quantitative estimate of drug-likeness (QED) is 0.679. The van der Waals surface area contributed by atoms with Crippen LogP contribution in [-0.4, -0.2) is 16.7 Å². The van der Waals surface area contributed by atoms with Crippen molar-refractivity contribution in [1.29, 1.82) is 0 Å². The summed E-state index contributed by atoms with van der Waals surface area (Å²) in [5.41, 5.74) is 4.28. The Labute approximate surface area is 129 Å². The Morgan fingerprint density at radius 3 is 2.59 bits per heavy atom. The predicted octanol–water partition coefficient (Wildman–Crippen LogP) is 2.19. The molecule has 0 fully saturated rings. The molecule has 1 aromatic heterocycles. The number of carbonyl (C=O) groups excluding carboxylic acids is 1. The van der Waals surface area contributed by atoms with Crippen molar-refractivity contribution in [3.05, 3.63) is 69.6 Å². The fourth-order valence-electron chi connectivity index (χ4n) is 2.02. The Morgan fingerprint density at radius 1 is 1.23 bits per heavy atom. The lowest BCUT2D eigenvalue weighted by Gasteiger charge is -2.04. The van der Waals surface area contributed by atoms with Gasteiger partial charge in [-0.15, -0.1) is 0 Å². The summed E-state index contributed by atoms with van der Waals surface area (Å²) in [5, 5.41) is 3.90. The Balaban J connectivity index is 2.06. The van der Waals surface area contributed by atoms with Crippen LogP contribution in [0.4, 0.5) is 0 Å². The lowest BCUT2D eigenvalue weighted by molar-refractivity contribution is 0.0953. The van der Waals surface area contributed by atoms with Crippen LogP contribution in [0.1, 0.15) is 35.3 Å². The van der Waals surface area contributed by atoms with Crippen molar-refractivity contribution in [2.75, 3.05) is 0 Å². The van der Waals surface area contributed by atoms with Crippen LogP contribution in [0.3, 0.4) is 0 Å². The van der Waals surface area contributed by atoms with Gasteiger partial charge in [-0.2, -0.15) is 5.10 Å². The molecule has 5 nitrogen and oxygen atoms in total. The average molecular weight is 297 g/mol. The van der Waals surface area contributed by atoms with Gasteiger partial charge >= 0.3 is 0 Å². The van der Waals surface area contributed by atoms with Gasteiger partial charge in [0.05, 0.1) is 6.21 Å². The number of benzene rings is 1. The van der Waals surface area contributed by atoms with Crippen LogP contribution in [0.2, 0.25) is 0 Å². The summed E-state index contributed by atoms with van der Waals surface area (Å²) in [4.78, 5) is 24.0. The SMILES string of the molecule is CCc1ccc(/C=N\NC(=O)c2cccn(CC)c2=O)cc1.